The van der Waals surface area contributed by atoms with Gasteiger partial charge in [-0.05, 0) is 24.4 Å². The number of rotatable bonds is 2. The minimum absolute atomic E-state index is 0.158. The molecule has 1 aromatic rings. The fourth-order valence-electron chi connectivity index (χ4n) is 2.14. The molecule has 6 heteroatoms. The van der Waals surface area contributed by atoms with Gasteiger partial charge in [0.2, 0.25) is 17.2 Å². The highest BCUT2D eigenvalue weighted by atomic mass is 35.5. The second-order valence-corrected chi connectivity index (χ2v) is 4.50. The van der Waals surface area contributed by atoms with E-state index >= 15 is 0 Å². The van der Waals surface area contributed by atoms with E-state index in [1.165, 1.54) is 32.1 Å². The van der Waals surface area contributed by atoms with Crippen LogP contribution in [0.25, 0.3) is 0 Å². The molecule has 88 valence electrons. The third-order valence-corrected chi connectivity index (χ3v) is 3.22. The van der Waals surface area contributed by atoms with Crippen molar-refractivity contribution < 1.29 is 0 Å². The van der Waals surface area contributed by atoms with Crippen LogP contribution < -0.4 is 10.6 Å². The van der Waals surface area contributed by atoms with Crippen LogP contribution in [0.5, 0.6) is 0 Å². The first kappa shape index (κ1) is 11.4. The lowest BCUT2D eigenvalue weighted by molar-refractivity contribution is 0.424. The molecule has 1 saturated carbocycles. The van der Waals surface area contributed by atoms with Crippen molar-refractivity contribution >= 4 is 23.5 Å². The lowest BCUT2D eigenvalue weighted by atomic mass is 9.95. The normalized spacial score (nSPS) is 17.4. The number of hydrogen-bond donors (Lipinski definition) is 1. The number of nitrogen functional groups attached to an aromatic ring is 1. The summed E-state index contributed by atoms with van der Waals surface area (Å²) in [6.07, 6.45) is 6.22. The maximum atomic E-state index is 5.76. The summed E-state index contributed by atoms with van der Waals surface area (Å²) in [6, 6.07) is 0.492. The van der Waals surface area contributed by atoms with Crippen LogP contribution in [0, 0.1) is 0 Å². The van der Waals surface area contributed by atoms with E-state index in [9.17, 15) is 0 Å². The smallest absolute Gasteiger partial charge is 0.231 e. The summed E-state index contributed by atoms with van der Waals surface area (Å²) in [6.45, 7) is 0. The number of nitrogens with two attached hydrogens (primary N) is 1. The Morgan fingerprint density at radius 1 is 1.19 bits per heavy atom. The summed E-state index contributed by atoms with van der Waals surface area (Å²) in [7, 11) is 1.99. The largest absolute Gasteiger partial charge is 0.368 e. The first-order chi connectivity index (χ1) is 7.66. The first-order valence-corrected chi connectivity index (χ1v) is 5.94. The van der Waals surface area contributed by atoms with Gasteiger partial charge in [0.25, 0.3) is 0 Å². The van der Waals surface area contributed by atoms with Crippen molar-refractivity contribution in [2.24, 2.45) is 0 Å². The molecule has 2 rings (SSSR count). The zero-order chi connectivity index (χ0) is 11.5. The third-order valence-electron chi connectivity index (χ3n) is 3.05. The minimum Gasteiger partial charge on any atom is -0.368 e. The highest BCUT2D eigenvalue weighted by Gasteiger charge is 2.20. The molecular weight excluding hydrogens is 226 g/mol. The zero-order valence-electron chi connectivity index (χ0n) is 9.36. The first-order valence-electron chi connectivity index (χ1n) is 5.56. The second kappa shape index (κ2) is 4.82. The molecular formula is C10H16ClN5. The summed E-state index contributed by atoms with van der Waals surface area (Å²) in [4.78, 5) is 14.0. The van der Waals surface area contributed by atoms with Crippen molar-refractivity contribution in [1.82, 2.24) is 15.0 Å². The molecule has 5 nitrogen and oxygen atoms in total. The van der Waals surface area contributed by atoms with Gasteiger partial charge in [0.05, 0.1) is 0 Å². The monoisotopic (exact) mass is 241 g/mol. The van der Waals surface area contributed by atoms with Gasteiger partial charge in [0.15, 0.2) is 0 Å². The molecule has 1 aliphatic rings. The Bertz CT molecular complexity index is 344. The quantitative estimate of drug-likeness (QED) is 0.856. The summed E-state index contributed by atoms with van der Waals surface area (Å²) < 4.78 is 0. The Balaban J connectivity index is 2.15. The van der Waals surface area contributed by atoms with Crippen molar-refractivity contribution in [3.63, 3.8) is 0 Å². The van der Waals surface area contributed by atoms with E-state index in [0.29, 0.717) is 12.0 Å². The lowest BCUT2D eigenvalue weighted by Crippen LogP contribution is -2.34. The topological polar surface area (TPSA) is 67.9 Å². The van der Waals surface area contributed by atoms with Gasteiger partial charge in [-0.1, -0.05) is 19.3 Å². The molecule has 0 bridgehead atoms. The Morgan fingerprint density at radius 3 is 2.50 bits per heavy atom. The van der Waals surface area contributed by atoms with Gasteiger partial charge in [0, 0.05) is 13.1 Å². The standard InChI is InChI=1S/C10H16ClN5/c1-16(7-5-3-2-4-6-7)10-14-8(11)13-9(12)15-10/h7H,2-6H2,1H3,(H2,12,13,14,15). The fourth-order valence-corrected chi connectivity index (χ4v) is 2.31. The number of nitrogens with zero attached hydrogens (tertiary/aromatic N) is 4. The summed E-state index contributed by atoms with van der Waals surface area (Å²) >= 11 is 5.76. The third kappa shape index (κ3) is 2.52. The highest BCUT2D eigenvalue weighted by molar-refractivity contribution is 6.28. The molecule has 0 aliphatic heterocycles. The Hall–Kier alpha value is -1.10. The molecule has 0 spiro atoms. The molecule has 1 aromatic heterocycles. The van der Waals surface area contributed by atoms with Crippen LogP contribution in [-0.2, 0) is 0 Å². The van der Waals surface area contributed by atoms with Gasteiger partial charge >= 0.3 is 0 Å². The van der Waals surface area contributed by atoms with E-state index in [2.05, 4.69) is 19.9 Å². The molecule has 2 N–H and O–H groups in total. The van der Waals surface area contributed by atoms with E-state index in [0.717, 1.165) is 0 Å². The van der Waals surface area contributed by atoms with Crippen LogP contribution in [0.4, 0.5) is 11.9 Å². The molecule has 0 aromatic carbocycles. The van der Waals surface area contributed by atoms with Crippen LogP contribution in [0.15, 0.2) is 0 Å². The van der Waals surface area contributed by atoms with Crippen molar-refractivity contribution in [3.05, 3.63) is 5.28 Å². The maximum Gasteiger partial charge on any atom is 0.231 e. The molecule has 0 atom stereocenters. The van der Waals surface area contributed by atoms with Gasteiger partial charge in [-0.25, -0.2) is 0 Å². The highest BCUT2D eigenvalue weighted by Crippen LogP contribution is 2.24. The van der Waals surface area contributed by atoms with Crippen molar-refractivity contribution in [2.45, 2.75) is 38.1 Å². The van der Waals surface area contributed by atoms with Gasteiger partial charge < -0.3 is 10.6 Å². The van der Waals surface area contributed by atoms with E-state index in [4.69, 9.17) is 17.3 Å². The van der Waals surface area contributed by atoms with E-state index in [-0.39, 0.29) is 11.2 Å². The number of anilines is 2. The second-order valence-electron chi connectivity index (χ2n) is 4.17. The summed E-state index contributed by atoms with van der Waals surface area (Å²) in [5.41, 5.74) is 5.55. The lowest BCUT2D eigenvalue weighted by Gasteiger charge is -2.31. The van der Waals surface area contributed by atoms with Crippen LogP contribution in [0.2, 0.25) is 5.28 Å². The molecule has 0 unspecified atom stereocenters. The predicted molar refractivity (Wildman–Crippen MR) is 64.5 cm³/mol. The van der Waals surface area contributed by atoms with E-state index in [1.807, 2.05) is 7.05 Å². The summed E-state index contributed by atoms with van der Waals surface area (Å²) in [5.74, 6) is 0.752. The molecule has 1 fully saturated rings. The Morgan fingerprint density at radius 2 is 1.88 bits per heavy atom. The average molecular weight is 242 g/mol. The molecule has 1 heterocycles. The molecule has 0 amide bonds. The van der Waals surface area contributed by atoms with Crippen molar-refractivity contribution in [2.75, 3.05) is 17.7 Å². The SMILES string of the molecule is CN(c1nc(N)nc(Cl)n1)C1CCCCC1. The van der Waals surface area contributed by atoms with Crippen LogP contribution in [-0.4, -0.2) is 28.0 Å². The van der Waals surface area contributed by atoms with Crippen molar-refractivity contribution in [1.29, 1.82) is 0 Å². The predicted octanol–water partition coefficient (Wildman–Crippen LogP) is 1.88. The maximum absolute atomic E-state index is 5.76. The molecule has 0 saturated heterocycles. The average Bonchev–Trinajstić information content (AvgIpc) is 2.28. The zero-order valence-corrected chi connectivity index (χ0v) is 10.1. The molecule has 16 heavy (non-hydrogen) atoms. The molecule has 1 aliphatic carbocycles. The molecule has 0 radical (unpaired) electrons. The number of halogens is 1. The van der Waals surface area contributed by atoms with Crippen molar-refractivity contribution in [3.8, 4) is 0 Å². The van der Waals surface area contributed by atoms with Gasteiger partial charge in [0.1, 0.15) is 0 Å². The van der Waals surface area contributed by atoms with Crippen LogP contribution in [0.1, 0.15) is 32.1 Å². The minimum atomic E-state index is 0.158. The summed E-state index contributed by atoms with van der Waals surface area (Å²) in [5, 5.41) is 0.158. The van der Waals surface area contributed by atoms with Gasteiger partial charge in [-0.15, -0.1) is 0 Å². The van der Waals surface area contributed by atoms with Crippen LogP contribution >= 0.6 is 11.6 Å². The van der Waals surface area contributed by atoms with Gasteiger partial charge in [-0.2, -0.15) is 15.0 Å². The number of aromatic nitrogens is 3. The Labute approximate surface area is 100 Å². The van der Waals surface area contributed by atoms with E-state index < -0.39 is 0 Å². The fraction of sp³-hybridized carbons (Fsp3) is 0.700. The van der Waals surface area contributed by atoms with E-state index in [1.54, 1.807) is 0 Å². The van der Waals surface area contributed by atoms with Gasteiger partial charge in [-0.3, -0.25) is 0 Å². The Kier molecular flexibility index (Phi) is 3.43. The van der Waals surface area contributed by atoms with Crippen LogP contribution in [0.3, 0.4) is 0 Å². The number of hydrogen-bond acceptors (Lipinski definition) is 5.